The highest BCUT2D eigenvalue weighted by atomic mass is 31.2. The fourth-order valence-electron chi connectivity index (χ4n) is 10.7. The Morgan fingerprint density at radius 3 is 0.689 bits per heavy atom. The van der Waals surface area contributed by atoms with Gasteiger partial charge in [0.05, 0.1) is 26.4 Å². The summed E-state index contributed by atoms with van der Waals surface area (Å²) < 4.78 is 68.3. The normalized spacial score (nSPS) is 14.3. The van der Waals surface area contributed by atoms with Crippen LogP contribution in [-0.2, 0) is 65.4 Å². The number of hydrogen-bond acceptors (Lipinski definition) is 15. The summed E-state index contributed by atoms with van der Waals surface area (Å²) in [7, 11) is -9.90. The number of rotatable bonds is 68. The third kappa shape index (κ3) is 64.8. The summed E-state index contributed by atoms with van der Waals surface area (Å²) in [5.74, 6) is 0.852. The Labute approximate surface area is 549 Å². The molecule has 0 fully saturated rings. The van der Waals surface area contributed by atoms with Crippen LogP contribution in [0.15, 0.2) is 0 Å². The van der Waals surface area contributed by atoms with Gasteiger partial charge in [-0.2, -0.15) is 0 Å². The van der Waals surface area contributed by atoms with Crippen LogP contribution in [0.4, 0.5) is 0 Å². The van der Waals surface area contributed by atoms with Crippen molar-refractivity contribution in [2.45, 2.75) is 369 Å². The van der Waals surface area contributed by atoms with Gasteiger partial charge in [-0.3, -0.25) is 37.3 Å². The summed E-state index contributed by atoms with van der Waals surface area (Å²) in [5, 5.41) is 10.6. The quantitative estimate of drug-likeness (QED) is 0.0222. The second kappa shape index (κ2) is 60.7. The molecule has 19 heteroatoms. The van der Waals surface area contributed by atoms with E-state index in [9.17, 15) is 43.2 Å². The largest absolute Gasteiger partial charge is 0.472 e. The van der Waals surface area contributed by atoms with E-state index in [1.807, 2.05) is 0 Å². The molecule has 5 atom stereocenters. The van der Waals surface area contributed by atoms with Gasteiger partial charge in [-0.05, 0) is 49.4 Å². The van der Waals surface area contributed by atoms with E-state index >= 15 is 0 Å². The average molecular weight is 1330 g/mol. The Kier molecular flexibility index (Phi) is 59.4. The molecule has 534 valence electrons. The van der Waals surface area contributed by atoms with Crippen LogP contribution in [0.25, 0.3) is 0 Å². The number of phosphoric acid groups is 2. The Balaban J connectivity index is 5.26. The summed E-state index contributed by atoms with van der Waals surface area (Å²) >= 11 is 0. The third-order valence-corrected chi connectivity index (χ3v) is 18.2. The maximum Gasteiger partial charge on any atom is 0.472 e. The standard InChI is InChI=1S/C71H138O17P2/c1-61(2)47-39-31-23-16-10-9-11-19-27-35-43-51-68(73)81-57-66(87-70(75)53-45-37-28-20-14-12-17-24-32-40-48-62(3)4)59-85-89(77,78)83-55-65(72)56-84-90(79,80)86-60-67(58-82-69(74)52-44-36-30-22-26-34-42-50-64(7)8)88-71(76)54-46-38-29-21-15-13-18-25-33-41-49-63(5)6/h61-67,72H,9-60H2,1-8H3,(H,77,78)(H,79,80)/t65?,66-,67-/m1/s1. The van der Waals surface area contributed by atoms with Crippen LogP contribution in [0.2, 0.25) is 0 Å². The molecule has 0 rings (SSSR count). The molecule has 0 saturated heterocycles. The number of aliphatic hydroxyl groups excluding tert-OH is 1. The van der Waals surface area contributed by atoms with Gasteiger partial charge >= 0.3 is 39.5 Å². The molecule has 0 spiro atoms. The molecular weight excluding hydrogens is 1190 g/mol. The van der Waals surface area contributed by atoms with Gasteiger partial charge in [0.25, 0.3) is 0 Å². The van der Waals surface area contributed by atoms with Crippen molar-refractivity contribution in [3.05, 3.63) is 0 Å². The molecule has 90 heavy (non-hydrogen) atoms. The molecule has 0 aliphatic rings. The Morgan fingerprint density at radius 2 is 0.467 bits per heavy atom. The zero-order chi connectivity index (χ0) is 66.8. The average Bonchev–Trinajstić information content (AvgIpc) is 2.87. The molecule has 3 N–H and O–H groups in total. The highest BCUT2D eigenvalue weighted by molar-refractivity contribution is 7.47. The van der Waals surface area contributed by atoms with Crippen LogP contribution in [0, 0.1) is 23.7 Å². The van der Waals surface area contributed by atoms with Gasteiger partial charge < -0.3 is 33.8 Å². The number of ether oxygens (including phenoxy) is 4. The van der Waals surface area contributed by atoms with Crippen LogP contribution < -0.4 is 0 Å². The van der Waals surface area contributed by atoms with Crippen molar-refractivity contribution in [2.24, 2.45) is 23.7 Å². The number of carbonyl (C=O) groups is 4. The maximum absolute atomic E-state index is 13.0. The molecular formula is C71H138O17P2. The molecule has 0 heterocycles. The zero-order valence-electron chi connectivity index (χ0n) is 58.8. The topological polar surface area (TPSA) is 237 Å². The van der Waals surface area contributed by atoms with E-state index in [0.717, 1.165) is 114 Å². The first-order valence-corrected chi connectivity index (χ1v) is 39.7. The summed E-state index contributed by atoms with van der Waals surface area (Å²) in [4.78, 5) is 72.6. The van der Waals surface area contributed by atoms with Gasteiger partial charge in [-0.25, -0.2) is 9.13 Å². The van der Waals surface area contributed by atoms with Gasteiger partial charge in [0, 0.05) is 25.7 Å². The van der Waals surface area contributed by atoms with Gasteiger partial charge in [0.2, 0.25) is 0 Å². The summed E-state index contributed by atoms with van der Waals surface area (Å²) in [5.41, 5.74) is 0. The van der Waals surface area contributed by atoms with Crippen molar-refractivity contribution < 1.29 is 80.2 Å². The predicted molar refractivity (Wildman–Crippen MR) is 363 cm³/mol. The SMILES string of the molecule is CC(C)CCCCCCCCCCCCCC(=O)OC[C@H](COP(=O)(O)OCC(O)COP(=O)(O)OC[C@@H](COC(=O)CCCCCCCCCC(C)C)OC(=O)CCCCCCCCCCCCC(C)C)OC(=O)CCCCCCCCCCCCC(C)C. The van der Waals surface area contributed by atoms with Crippen LogP contribution in [0.5, 0.6) is 0 Å². The van der Waals surface area contributed by atoms with Gasteiger partial charge in [-0.15, -0.1) is 0 Å². The number of aliphatic hydroxyl groups is 1. The van der Waals surface area contributed by atoms with Crippen LogP contribution in [0.1, 0.15) is 351 Å². The van der Waals surface area contributed by atoms with E-state index in [4.69, 9.17) is 37.0 Å². The van der Waals surface area contributed by atoms with Gasteiger partial charge in [0.15, 0.2) is 12.2 Å². The zero-order valence-corrected chi connectivity index (χ0v) is 60.6. The number of carbonyl (C=O) groups excluding carboxylic acids is 4. The predicted octanol–water partition coefficient (Wildman–Crippen LogP) is 20.1. The molecule has 0 aromatic heterocycles. The van der Waals surface area contributed by atoms with Crippen molar-refractivity contribution in [2.75, 3.05) is 39.6 Å². The molecule has 0 saturated carbocycles. The third-order valence-electron chi connectivity index (χ3n) is 16.3. The fourth-order valence-corrected chi connectivity index (χ4v) is 12.2. The van der Waals surface area contributed by atoms with Crippen molar-refractivity contribution in [1.29, 1.82) is 0 Å². The van der Waals surface area contributed by atoms with Crippen molar-refractivity contribution in [1.82, 2.24) is 0 Å². The Hall–Kier alpha value is -1.94. The van der Waals surface area contributed by atoms with Crippen molar-refractivity contribution >= 4 is 39.5 Å². The lowest BCUT2D eigenvalue weighted by molar-refractivity contribution is -0.161. The van der Waals surface area contributed by atoms with E-state index in [0.29, 0.717) is 31.6 Å². The van der Waals surface area contributed by atoms with Crippen molar-refractivity contribution in [3.8, 4) is 0 Å². The summed E-state index contributed by atoms with van der Waals surface area (Å²) in [6.07, 6.45) is 43.1. The molecule has 17 nitrogen and oxygen atoms in total. The highest BCUT2D eigenvalue weighted by Gasteiger charge is 2.30. The number of phosphoric ester groups is 2. The molecule has 3 unspecified atom stereocenters. The lowest BCUT2D eigenvalue weighted by atomic mass is 10.0. The highest BCUT2D eigenvalue weighted by Crippen LogP contribution is 2.45. The van der Waals surface area contributed by atoms with Crippen LogP contribution in [-0.4, -0.2) is 96.7 Å². The number of esters is 4. The molecule has 0 radical (unpaired) electrons. The van der Waals surface area contributed by atoms with E-state index in [1.165, 1.54) is 148 Å². The first-order chi connectivity index (χ1) is 43.1. The Morgan fingerprint density at radius 1 is 0.278 bits per heavy atom. The first kappa shape index (κ1) is 88.1. The van der Waals surface area contributed by atoms with Gasteiger partial charge in [-0.1, -0.05) is 299 Å². The monoisotopic (exact) mass is 1320 g/mol. The molecule has 0 amide bonds. The minimum Gasteiger partial charge on any atom is -0.462 e. The lowest BCUT2D eigenvalue weighted by Gasteiger charge is -2.21. The van der Waals surface area contributed by atoms with Crippen LogP contribution >= 0.6 is 15.6 Å². The molecule has 0 bridgehead atoms. The molecule has 0 aromatic carbocycles. The first-order valence-electron chi connectivity index (χ1n) is 36.7. The molecule has 0 aliphatic carbocycles. The van der Waals surface area contributed by atoms with Crippen LogP contribution in [0.3, 0.4) is 0 Å². The molecule has 0 aromatic rings. The van der Waals surface area contributed by atoms with Gasteiger partial charge in [0.1, 0.15) is 19.3 Å². The fraction of sp³-hybridized carbons (Fsp3) is 0.944. The second-order valence-electron chi connectivity index (χ2n) is 27.5. The summed E-state index contributed by atoms with van der Waals surface area (Å²) in [6.45, 7) is 14.1. The van der Waals surface area contributed by atoms with E-state index in [-0.39, 0.29) is 25.7 Å². The number of hydrogen-bond donors (Lipinski definition) is 3. The smallest absolute Gasteiger partial charge is 0.462 e. The molecule has 0 aliphatic heterocycles. The summed E-state index contributed by atoms with van der Waals surface area (Å²) in [6, 6.07) is 0. The van der Waals surface area contributed by atoms with E-state index in [2.05, 4.69) is 55.4 Å². The Bertz CT molecular complexity index is 1780. The number of unbranched alkanes of at least 4 members (excludes halogenated alkanes) is 34. The van der Waals surface area contributed by atoms with E-state index in [1.54, 1.807) is 0 Å². The van der Waals surface area contributed by atoms with Crippen molar-refractivity contribution in [3.63, 3.8) is 0 Å². The minimum atomic E-state index is -4.95. The minimum absolute atomic E-state index is 0.105. The second-order valence-corrected chi connectivity index (χ2v) is 30.4. The lowest BCUT2D eigenvalue weighted by Crippen LogP contribution is -2.30. The van der Waals surface area contributed by atoms with E-state index < -0.39 is 97.5 Å². The maximum atomic E-state index is 13.0.